The molecule has 0 radical (unpaired) electrons. The van der Waals surface area contributed by atoms with Gasteiger partial charge in [0, 0.05) is 6.20 Å². The molecule has 2 aromatic rings. The van der Waals surface area contributed by atoms with E-state index in [0.717, 1.165) is 12.0 Å². The van der Waals surface area contributed by atoms with Gasteiger partial charge in [0.25, 0.3) is 5.91 Å². The Morgan fingerprint density at radius 1 is 1.26 bits per heavy atom. The maximum atomic E-state index is 12.1. The average Bonchev–Trinajstić information content (AvgIpc) is 2.46. The van der Waals surface area contributed by atoms with Crippen molar-refractivity contribution in [2.75, 3.05) is 0 Å². The summed E-state index contributed by atoms with van der Waals surface area (Å²) in [5.41, 5.74) is 1.09. The molecule has 0 saturated carbocycles. The molecule has 1 aromatic heterocycles. The molecule has 0 bridgehead atoms. The van der Waals surface area contributed by atoms with E-state index in [1.165, 1.54) is 12.3 Å². The molecule has 0 aliphatic heterocycles. The Morgan fingerprint density at radius 3 is 2.63 bits per heavy atom. The fraction of sp³-hybridized carbons (Fsp3) is 0.200. The van der Waals surface area contributed by atoms with Crippen LogP contribution in [0.4, 0.5) is 0 Å². The number of carbonyl (C=O) groups excluding carboxylic acids is 1. The standard InChI is InChI=1S/C15H16N2O2/c1-2-12(11-7-4-3-5-8-11)17-15(19)14-13(18)9-6-10-16-14/h3-10,12,18H,2H2,1H3,(H,17,19). The first-order chi connectivity index (χ1) is 9.22. The Morgan fingerprint density at radius 2 is 2.00 bits per heavy atom. The van der Waals surface area contributed by atoms with Gasteiger partial charge in [0.05, 0.1) is 6.04 Å². The van der Waals surface area contributed by atoms with Crippen LogP contribution in [0.5, 0.6) is 5.75 Å². The van der Waals surface area contributed by atoms with Crippen molar-refractivity contribution in [1.82, 2.24) is 10.3 Å². The molecule has 0 saturated heterocycles. The summed E-state index contributed by atoms with van der Waals surface area (Å²) in [7, 11) is 0. The summed E-state index contributed by atoms with van der Waals surface area (Å²) in [5, 5.41) is 12.5. The Balaban J connectivity index is 2.16. The minimum absolute atomic E-state index is 0.0527. The summed E-state index contributed by atoms with van der Waals surface area (Å²) in [6, 6.07) is 12.7. The fourth-order valence-corrected chi connectivity index (χ4v) is 1.90. The molecule has 1 aromatic carbocycles. The third-order valence-corrected chi connectivity index (χ3v) is 2.92. The number of rotatable bonds is 4. The van der Waals surface area contributed by atoms with Crippen molar-refractivity contribution in [3.05, 3.63) is 59.9 Å². The van der Waals surface area contributed by atoms with Crippen LogP contribution in [0.1, 0.15) is 35.4 Å². The lowest BCUT2D eigenvalue weighted by Gasteiger charge is -2.17. The zero-order valence-electron chi connectivity index (χ0n) is 10.7. The minimum atomic E-state index is -0.367. The molecule has 0 aliphatic rings. The summed E-state index contributed by atoms with van der Waals surface area (Å²) in [6.07, 6.45) is 2.25. The van der Waals surface area contributed by atoms with Crippen LogP contribution >= 0.6 is 0 Å². The molecule has 1 unspecified atom stereocenters. The molecule has 98 valence electrons. The van der Waals surface area contributed by atoms with Crippen molar-refractivity contribution in [2.24, 2.45) is 0 Å². The lowest BCUT2D eigenvalue weighted by Crippen LogP contribution is -2.28. The van der Waals surface area contributed by atoms with Crippen LogP contribution in [0.3, 0.4) is 0 Å². The molecule has 4 nitrogen and oxygen atoms in total. The van der Waals surface area contributed by atoms with E-state index in [9.17, 15) is 9.90 Å². The van der Waals surface area contributed by atoms with Crippen LogP contribution in [0.25, 0.3) is 0 Å². The zero-order valence-corrected chi connectivity index (χ0v) is 10.7. The lowest BCUT2D eigenvalue weighted by molar-refractivity contribution is 0.0927. The summed E-state index contributed by atoms with van der Waals surface area (Å²) in [6.45, 7) is 2.00. The lowest BCUT2D eigenvalue weighted by atomic mass is 10.0. The molecule has 0 fully saturated rings. The molecule has 1 heterocycles. The van der Waals surface area contributed by atoms with Crippen LogP contribution < -0.4 is 5.32 Å². The van der Waals surface area contributed by atoms with Gasteiger partial charge in [-0.1, -0.05) is 37.3 Å². The van der Waals surface area contributed by atoms with E-state index in [4.69, 9.17) is 0 Å². The maximum Gasteiger partial charge on any atom is 0.274 e. The molecule has 19 heavy (non-hydrogen) atoms. The first-order valence-electron chi connectivity index (χ1n) is 6.22. The van der Waals surface area contributed by atoms with Gasteiger partial charge in [-0.3, -0.25) is 4.79 Å². The van der Waals surface area contributed by atoms with E-state index in [1.54, 1.807) is 6.07 Å². The van der Waals surface area contributed by atoms with Crippen molar-refractivity contribution < 1.29 is 9.90 Å². The van der Waals surface area contributed by atoms with Crippen molar-refractivity contribution in [3.8, 4) is 5.75 Å². The Hall–Kier alpha value is -2.36. The predicted octanol–water partition coefficient (Wildman–Crippen LogP) is 2.67. The van der Waals surface area contributed by atoms with Crippen molar-refractivity contribution in [2.45, 2.75) is 19.4 Å². The quantitative estimate of drug-likeness (QED) is 0.884. The molecular weight excluding hydrogens is 240 g/mol. The predicted molar refractivity (Wildman–Crippen MR) is 72.8 cm³/mol. The maximum absolute atomic E-state index is 12.1. The van der Waals surface area contributed by atoms with Crippen molar-refractivity contribution in [1.29, 1.82) is 0 Å². The molecular formula is C15H16N2O2. The van der Waals surface area contributed by atoms with Gasteiger partial charge in [-0.05, 0) is 24.1 Å². The van der Waals surface area contributed by atoms with Crippen LogP contribution in [0, 0.1) is 0 Å². The second-order valence-electron chi connectivity index (χ2n) is 4.22. The van der Waals surface area contributed by atoms with Gasteiger partial charge in [0.15, 0.2) is 5.69 Å². The number of amides is 1. The van der Waals surface area contributed by atoms with E-state index in [-0.39, 0.29) is 23.4 Å². The topological polar surface area (TPSA) is 62.2 Å². The van der Waals surface area contributed by atoms with Gasteiger partial charge in [0.2, 0.25) is 0 Å². The third-order valence-electron chi connectivity index (χ3n) is 2.92. The highest BCUT2D eigenvalue weighted by Crippen LogP contribution is 2.18. The number of benzene rings is 1. The third kappa shape index (κ3) is 3.10. The number of aromatic hydroxyl groups is 1. The van der Waals surface area contributed by atoms with Crippen LogP contribution in [-0.2, 0) is 0 Å². The summed E-state index contributed by atoms with van der Waals surface area (Å²) in [5.74, 6) is -0.475. The smallest absolute Gasteiger partial charge is 0.274 e. The minimum Gasteiger partial charge on any atom is -0.505 e. The SMILES string of the molecule is CCC(NC(=O)c1ncccc1O)c1ccccc1. The number of aromatic nitrogens is 1. The largest absolute Gasteiger partial charge is 0.505 e. The molecule has 1 atom stereocenters. The highest BCUT2D eigenvalue weighted by atomic mass is 16.3. The average molecular weight is 256 g/mol. The van der Waals surface area contributed by atoms with Crippen LogP contribution in [-0.4, -0.2) is 16.0 Å². The zero-order chi connectivity index (χ0) is 13.7. The fourth-order valence-electron chi connectivity index (χ4n) is 1.90. The summed E-state index contributed by atoms with van der Waals surface area (Å²) >= 11 is 0. The number of hydrogen-bond donors (Lipinski definition) is 2. The van der Waals surface area contributed by atoms with Crippen LogP contribution in [0.2, 0.25) is 0 Å². The first-order valence-corrected chi connectivity index (χ1v) is 6.22. The summed E-state index contributed by atoms with van der Waals surface area (Å²) in [4.78, 5) is 16.0. The molecule has 2 N–H and O–H groups in total. The Kier molecular flexibility index (Phi) is 4.13. The van der Waals surface area contributed by atoms with E-state index < -0.39 is 0 Å². The molecule has 0 aliphatic carbocycles. The van der Waals surface area contributed by atoms with Gasteiger partial charge < -0.3 is 10.4 Å². The second kappa shape index (κ2) is 6.00. The van der Waals surface area contributed by atoms with E-state index in [0.29, 0.717) is 0 Å². The normalized spacial score (nSPS) is 11.8. The van der Waals surface area contributed by atoms with E-state index in [1.807, 2.05) is 37.3 Å². The highest BCUT2D eigenvalue weighted by Gasteiger charge is 2.17. The first kappa shape index (κ1) is 13.1. The van der Waals surface area contributed by atoms with Gasteiger partial charge in [0.1, 0.15) is 5.75 Å². The van der Waals surface area contributed by atoms with Gasteiger partial charge in [-0.15, -0.1) is 0 Å². The number of pyridine rings is 1. The van der Waals surface area contributed by atoms with E-state index in [2.05, 4.69) is 10.3 Å². The molecule has 4 heteroatoms. The van der Waals surface area contributed by atoms with Crippen molar-refractivity contribution >= 4 is 5.91 Å². The Labute approximate surface area is 112 Å². The van der Waals surface area contributed by atoms with Crippen LogP contribution in [0.15, 0.2) is 48.7 Å². The van der Waals surface area contributed by atoms with Crippen molar-refractivity contribution in [3.63, 3.8) is 0 Å². The van der Waals surface area contributed by atoms with Gasteiger partial charge in [-0.2, -0.15) is 0 Å². The molecule has 2 rings (SSSR count). The molecule has 0 spiro atoms. The van der Waals surface area contributed by atoms with Gasteiger partial charge in [-0.25, -0.2) is 4.98 Å². The summed E-state index contributed by atoms with van der Waals surface area (Å²) < 4.78 is 0. The number of nitrogens with one attached hydrogen (secondary N) is 1. The monoisotopic (exact) mass is 256 g/mol. The molecule has 1 amide bonds. The second-order valence-corrected chi connectivity index (χ2v) is 4.22. The number of hydrogen-bond acceptors (Lipinski definition) is 3. The van der Waals surface area contributed by atoms with E-state index >= 15 is 0 Å². The van der Waals surface area contributed by atoms with Gasteiger partial charge >= 0.3 is 0 Å². The number of nitrogens with zero attached hydrogens (tertiary/aromatic N) is 1. The Bertz CT molecular complexity index is 555. The number of carbonyl (C=O) groups is 1. The highest BCUT2D eigenvalue weighted by molar-refractivity contribution is 5.94.